The summed E-state index contributed by atoms with van der Waals surface area (Å²) in [6.07, 6.45) is 1.42. The van der Waals surface area contributed by atoms with Crippen molar-refractivity contribution in [3.05, 3.63) is 101 Å². The van der Waals surface area contributed by atoms with Crippen molar-refractivity contribution < 1.29 is 18.4 Å². The van der Waals surface area contributed by atoms with Gasteiger partial charge in [0, 0.05) is 4.47 Å². The molecule has 0 aliphatic rings. The number of sulfonamides is 1. The van der Waals surface area contributed by atoms with Crippen LogP contribution in [0.5, 0.6) is 0 Å². The third kappa shape index (κ3) is 4.95. The van der Waals surface area contributed by atoms with Gasteiger partial charge in [-0.3, -0.25) is 15.4 Å². The molecule has 3 aromatic rings. The second-order valence-corrected chi connectivity index (χ2v) is 8.77. The lowest BCUT2D eigenvalue weighted by molar-refractivity contribution is -0.121. The highest BCUT2D eigenvalue weighted by atomic mass is 79.9. The summed E-state index contributed by atoms with van der Waals surface area (Å²) < 4.78 is 28.8. The van der Waals surface area contributed by atoms with E-state index in [1.165, 1.54) is 18.2 Å². The van der Waals surface area contributed by atoms with Crippen LogP contribution < -0.4 is 15.3 Å². The van der Waals surface area contributed by atoms with E-state index in [0.29, 0.717) is 10.0 Å². The molecule has 0 aromatic heterocycles. The minimum Gasteiger partial charge on any atom is -0.297 e. The molecule has 0 spiro atoms. The van der Waals surface area contributed by atoms with E-state index >= 15 is 0 Å². The maximum Gasteiger partial charge on any atom is 0.284 e. The monoisotopic (exact) mass is 487 g/mol. The molecule has 0 aliphatic carbocycles. The molecule has 0 saturated heterocycles. The number of carbonyl (C=O) groups is 1. The van der Waals surface area contributed by atoms with Crippen LogP contribution in [0.4, 0.5) is 5.69 Å². The summed E-state index contributed by atoms with van der Waals surface area (Å²) in [5.74, 6) is -0.846. The highest BCUT2D eigenvalue weighted by Crippen LogP contribution is 2.31. The van der Waals surface area contributed by atoms with E-state index in [-0.39, 0.29) is 16.3 Å². The molecular weight excluding hydrogens is 470 g/mol. The quantitative estimate of drug-likeness (QED) is 0.348. The van der Waals surface area contributed by atoms with Gasteiger partial charge in [0.05, 0.1) is 10.6 Å². The Morgan fingerprint density at radius 2 is 1.57 bits per heavy atom. The summed E-state index contributed by atoms with van der Waals surface area (Å²) in [6.45, 7) is 0. The van der Waals surface area contributed by atoms with Crippen LogP contribution in [0.2, 0.25) is 0 Å². The largest absolute Gasteiger partial charge is 0.297 e. The Bertz CT molecular complexity index is 1150. The summed E-state index contributed by atoms with van der Waals surface area (Å²) in [4.78, 5) is 12.8. The molecule has 7 nitrogen and oxygen atoms in total. The Morgan fingerprint density at radius 1 is 0.933 bits per heavy atom. The van der Waals surface area contributed by atoms with Gasteiger partial charge in [-0.1, -0.05) is 70.5 Å². The SMILES string of the molecule is O=C(NNO)C(=Cc1ccccc1)N(c1cccc(Br)c1)S(=O)(=O)c1ccccc1. The van der Waals surface area contributed by atoms with Crippen LogP contribution in [0.1, 0.15) is 5.56 Å². The highest BCUT2D eigenvalue weighted by molar-refractivity contribution is 9.10. The number of carbonyl (C=O) groups excluding carboxylic acids is 1. The number of nitrogens with one attached hydrogen (secondary N) is 2. The summed E-state index contributed by atoms with van der Waals surface area (Å²) in [7, 11) is -4.18. The zero-order chi connectivity index (χ0) is 21.6. The first kappa shape index (κ1) is 21.7. The number of hydrogen-bond acceptors (Lipinski definition) is 5. The van der Waals surface area contributed by atoms with Gasteiger partial charge in [-0.15, -0.1) is 5.59 Å². The fraction of sp³-hybridized carbons (Fsp3) is 0. The molecule has 0 saturated carbocycles. The Balaban J connectivity index is 2.27. The molecule has 0 atom stereocenters. The molecule has 0 bridgehead atoms. The molecule has 0 heterocycles. The summed E-state index contributed by atoms with van der Waals surface area (Å²) in [5.41, 5.74) is 4.23. The third-order valence-corrected chi connectivity index (χ3v) is 6.30. The maximum absolute atomic E-state index is 13.6. The first-order valence-electron chi connectivity index (χ1n) is 8.75. The lowest BCUT2D eigenvalue weighted by atomic mass is 10.2. The van der Waals surface area contributed by atoms with Crippen LogP contribution in [0.25, 0.3) is 6.08 Å². The van der Waals surface area contributed by atoms with E-state index in [0.717, 1.165) is 4.31 Å². The van der Waals surface area contributed by atoms with Crippen LogP contribution in [-0.2, 0) is 14.8 Å². The van der Waals surface area contributed by atoms with Gasteiger partial charge in [-0.25, -0.2) is 12.7 Å². The number of rotatable bonds is 7. The maximum atomic E-state index is 13.6. The van der Waals surface area contributed by atoms with E-state index in [2.05, 4.69) is 15.9 Å². The van der Waals surface area contributed by atoms with Crippen LogP contribution in [0.15, 0.2) is 100.0 Å². The number of benzene rings is 3. The smallest absolute Gasteiger partial charge is 0.284 e. The van der Waals surface area contributed by atoms with Crippen LogP contribution >= 0.6 is 15.9 Å². The first-order chi connectivity index (χ1) is 14.4. The summed E-state index contributed by atoms with van der Waals surface area (Å²) >= 11 is 3.34. The minimum absolute atomic E-state index is 0.00805. The van der Waals surface area contributed by atoms with Gasteiger partial charge >= 0.3 is 0 Å². The molecule has 0 fully saturated rings. The molecule has 3 rings (SSSR count). The molecule has 9 heteroatoms. The molecular formula is C21H18BrN3O4S. The van der Waals surface area contributed by atoms with Crippen LogP contribution in [0, 0.1) is 0 Å². The molecule has 1 amide bonds. The van der Waals surface area contributed by atoms with Crippen molar-refractivity contribution in [2.45, 2.75) is 4.90 Å². The van der Waals surface area contributed by atoms with E-state index in [4.69, 9.17) is 5.21 Å². The first-order valence-corrected chi connectivity index (χ1v) is 11.0. The average Bonchev–Trinajstić information content (AvgIpc) is 2.75. The van der Waals surface area contributed by atoms with Crippen molar-refractivity contribution in [1.82, 2.24) is 11.0 Å². The Kier molecular flexibility index (Phi) is 7.01. The minimum atomic E-state index is -4.18. The predicted molar refractivity (Wildman–Crippen MR) is 118 cm³/mol. The summed E-state index contributed by atoms with van der Waals surface area (Å²) in [5, 5.41) is 8.98. The third-order valence-electron chi connectivity index (χ3n) is 4.05. The molecule has 0 unspecified atom stereocenters. The zero-order valence-electron chi connectivity index (χ0n) is 15.6. The van der Waals surface area contributed by atoms with Gasteiger partial charge in [0.25, 0.3) is 15.9 Å². The number of hydrogen-bond donors (Lipinski definition) is 3. The normalized spacial score (nSPS) is 11.7. The summed E-state index contributed by atoms with van der Waals surface area (Å²) in [6, 6.07) is 23.1. The van der Waals surface area contributed by atoms with E-state index in [1.807, 2.05) is 5.43 Å². The van der Waals surface area contributed by atoms with E-state index < -0.39 is 15.9 Å². The van der Waals surface area contributed by atoms with Crippen molar-refractivity contribution in [2.24, 2.45) is 0 Å². The van der Waals surface area contributed by atoms with Crippen molar-refractivity contribution in [3.8, 4) is 0 Å². The molecule has 0 radical (unpaired) electrons. The standard InChI is InChI=1S/C21H18BrN3O4S/c22-17-10-7-11-18(15-17)25(30(28,29)19-12-5-2-6-13-19)20(21(26)23-24-27)14-16-8-3-1-4-9-16/h1-15,24,27H,(H,23,26). The van der Waals surface area contributed by atoms with E-state index in [9.17, 15) is 13.2 Å². The van der Waals surface area contributed by atoms with Crippen molar-refractivity contribution in [3.63, 3.8) is 0 Å². The van der Waals surface area contributed by atoms with Crippen molar-refractivity contribution in [2.75, 3.05) is 4.31 Å². The molecule has 30 heavy (non-hydrogen) atoms. The number of amides is 1. The van der Waals surface area contributed by atoms with Crippen LogP contribution in [0.3, 0.4) is 0 Å². The number of hydrazine groups is 1. The van der Waals surface area contributed by atoms with Gasteiger partial charge in [-0.2, -0.15) is 0 Å². The van der Waals surface area contributed by atoms with Gasteiger partial charge in [0.2, 0.25) is 0 Å². The van der Waals surface area contributed by atoms with Crippen molar-refractivity contribution in [1.29, 1.82) is 0 Å². The Morgan fingerprint density at radius 3 is 2.17 bits per heavy atom. The number of halogens is 1. The number of nitrogens with zero attached hydrogens (tertiary/aromatic N) is 1. The molecule has 154 valence electrons. The predicted octanol–water partition coefficient (Wildman–Crippen LogP) is 3.70. The molecule has 3 aromatic carbocycles. The van der Waals surface area contributed by atoms with E-state index in [1.54, 1.807) is 78.4 Å². The Hall–Kier alpha value is -2.98. The van der Waals surface area contributed by atoms with Crippen LogP contribution in [-0.4, -0.2) is 19.5 Å². The second-order valence-electron chi connectivity index (χ2n) is 6.07. The lowest BCUT2D eigenvalue weighted by Crippen LogP contribution is -2.43. The highest BCUT2D eigenvalue weighted by Gasteiger charge is 2.32. The fourth-order valence-corrected chi connectivity index (χ4v) is 4.63. The Labute approximate surface area is 182 Å². The zero-order valence-corrected chi connectivity index (χ0v) is 18.0. The fourth-order valence-electron chi connectivity index (χ4n) is 2.75. The molecule has 3 N–H and O–H groups in total. The van der Waals surface area contributed by atoms with Gasteiger partial charge in [0.1, 0.15) is 5.70 Å². The number of anilines is 1. The average molecular weight is 488 g/mol. The lowest BCUT2D eigenvalue weighted by Gasteiger charge is -2.26. The topological polar surface area (TPSA) is 98.7 Å². The van der Waals surface area contributed by atoms with Gasteiger partial charge < -0.3 is 0 Å². The van der Waals surface area contributed by atoms with Crippen molar-refractivity contribution >= 4 is 43.6 Å². The second kappa shape index (κ2) is 9.68. The molecule has 0 aliphatic heterocycles. The van der Waals surface area contributed by atoms with Gasteiger partial charge in [0.15, 0.2) is 0 Å². The van der Waals surface area contributed by atoms with Gasteiger partial charge in [-0.05, 0) is 42.0 Å².